The molecule has 0 bridgehead atoms. The molecular weight excluding hydrogens is 495 g/mol. The zero-order valence-electron chi connectivity index (χ0n) is 19.0. The van der Waals surface area contributed by atoms with E-state index in [0.29, 0.717) is 39.7 Å². The molecule has 1 aliphatic rings. The topological polar surface area (TPSA) is 43.0 Å². The number of anilines is 2. The standard InChI is InChI=1S/C26H27Cl3N2O3/c1-2-33-25-14-18(16-30-19-6-8-20(9-7-19)31-10-12-32-13-11-31)24(29)15-26(25)34-17-21-22(27)4-3-5-23(21)28/h3-9,14-15,30H,2,10-13,16-17H2,1H3. The summed E-state index contributed by atoms with van der Waals surface area (Å²) < 4.78 is 17.2. The molecule has 0 spiro atoms. The zero-order valence-corrected chi connectivity index (χ0v) is 21.2. The van der Waals surface area contributed by atoms with Crippen LogP contribution in [0.4, 0.5) is 11.4 Å². The maximum absolute atomic E-state index is 6.59. The van der Waals surface area contributed by atoms with Crippen LogP contribution in [0.5, 0.6) is 11.5 Å². The van der Waals surface area contributed by atoms with Crippen molar-refractivity contribution in [2.24, 2.45) is 0 Å². The lowest BCUT2D eigenvalue weighted by atomic mass is 10.1. The molecule has 3 aromatic carbocycles. The SMILES string of the molecule is CCOc1cc(CNc2ccc(N3CCOCC3)cc2)c(Cl)cc1OCc1c(Cl)cccc1Cl. The van der Waals surface area contributed by atoms with E-state index in [2.05, 4.69) is 34.5 Å². The van der Waals surface area contributed by atoms with Crippen molar-refractivity contribution in [3.63, 3.8) is 0 Å². The van der Waals surface area contributed by atoms with Gasteiger partial charge in [-0.15, -0.1) is 0 Å². The van der Waals surface area contributed by atoms with E-state index in [9.17, 15) is 0 Å². The number of halogens is 3. The second kappa shape index (κ2) is 11.9. The first-order valence-electron chi connectivity index (χ1n) is 11.2. The Hall–Kier alpha value is -2.31. The van der Waals surface area contributed by atoms with Gasteiger partial charge in [0.25, 0.3) is 0 Å². The number of benzene rings is 3. The third-order valence-electron chi connectivity index (χ3n) is 5.57. The Labute approximate surface area is 215 Å². The van der Waals surface area contributed by atoms with Crippen LogP contribution in [0.15, 0.2) is 54.6 Å². The molecule has 5 nitrogen and oxygen atoms in total. The van der Waals surface area contributed by atoms with Crippen LogP contribution >= 0.6 is 34.8 Å². The van der Waals surface area contributed by atoms with E-state index in [0.717, 1.165) is 43.1 Å². The first kappa shape index (κ1) is 24.8. The van der Waals surface area contributed by atoms with E-state index in [1.54, 1.807) is 24.3 Å². The van der Waals surface area contributed by atoms with Crippen LogP contribution in [0, 0.1) is 0 Å². The van der Waals surface area contributed by atoms with E-state index in [1.165, 1.54) is 5.69 Å². The fraction of sp³-hybridized carbons (Fsp3) is 0.308. The molecule has 0 atom stereocenters. The number of rotatable bonds is 9. The summed E-state index contributed by atoms with van der Waals surface area (Å²) in [5, 5.41) is 5.12. The van der Waals surface area contributed by atoms with Gasteiger partial charge in [-0.3, -0.25) is 0 Å². The maximum Gasteiger partial charge on any atom is 0.163 e. The molecule has 0 aliphatic carbocycles. The summed E-state index contributed by atoms with van der Waals surface area (Å²) in [4.78, 5) is 2.33. The molecule has 1 aliphatic heterocycles. The molecule has 3 aromatic rings. The largest absolute Gasteiger partial charge is 0.490 e. The van der Waals surface area contributed by atoms with Crippen molar-refractivity contribution in [3.05, 3.63) is 80.8 Å². The second-order valence-corrected chi connectivity index (χ2v) is 9.03. The number of morpholine rings is 1. The van der Waals surface area contributed by atoms with Crippen molar-refractivity contribution in [3.8, 4) is 11.5 Å². The minimum absolute atomic E-state index is 0.210. The zero-order chi connectivity index (χ0) is 23.9. The van der Waals surface area contributed by atoms with Crippen molar-refractivity contribution in [2.75, 3.05) is 43.1 Å². The fourth-order valence-corrected chi connectivity index (χ4v) is 4.45. The Morgan fingerprint density at radius 3 is 2.24 bits per heavy atom. The van der Waals surface area contributed by atoms with Crippen LogP contribution in [-0.4, -0.2) is 32.9 Å². The molecule has 1 heterocycles. The van der Waals surface area contributed by atoms with E-state index in [4.69, 9.17) is 49.0 Å². The Kier molecular flexibility index (Phi) is 8.68. The predicted molar refractivity (Wildman–Crippen MR) is 140 cm³/mol. The molecule has 0 amide bonds. The minimum Gasteiger partial charge on any atom is -0.490 e. The lowest BCUT2D eigenvalue weighted by Crippen LogP contribution is -2.36. The number of ether oxygens (including phenoxy) is 3. The van der Waals surface area contributed by atoms with Gasteiger partial charge in [0.1, 0.15) is 6.61 Å². The lowest BCUT2D eigenvalue weighted by Gasteiger charge is -2.29. The van der Waals surface area contributed by atoms with Crippen molar-refractivity contribution in [2.45, 2.75) is 20.1 Å². The fourth-order valence-electron chi connectivity index (χ4n) is 3.72. The number of nitrogens with one attached hydrogen (secondary N) is 1. The third-order valence-corrected chi connectivity index (χ3v) is 6.63. The Bertz CT molecular complexity index is 1080. The maximum atomic E-state index is 6.59. The molecule has 180 valence electrons. The average Bonchev–Trinajstić information content (AvgIpc) is 2.85. The van der Waals surface area contributed by atoms with Gasteiger partial charge in [-0.25, -0.2) is 0 Å². The second-order valence-electron chi connectivity index (χ2n) is 7.81. The van der Waals surface area contributed by atoms with E-state index in [-0.39, 0.29) is 6.61 Å². The van der Waals surface area contributed by atoms with Gasteiger partial charge in [-0.2, -0.15) is 0 Å². The molecule has 0 aromatic heterocycles. The van der Waals surface area contributed by atoms with Gasteiger partial charge in [0.05, 0.1) is 19.8 Å². The van der Waals surface area contributed by atoms with Crippen LogP contribution in [0.3, 0.4) is 0 Å². The van der Waals surface area contributed by atoms with E-state index in [1.807, 2.05) is 13.0 Å². The first-order valence-corrected chi connectivity index (χ1v) is 12.4. The van der Waals surface area contributed by atoms with Gasteiger partial charge in [-0.1, -0.05) is 40.9 Å². The predicted octanol–water partition coefficient (Wildman–Crippen LogP) is 7.07. The minimum atomic E-state index is 0.210. The summed E-state index contributed by atoms with van der Waals surface area (Å²) in [6.07, 6.45) is 0. The monoisotopic (exact) mass is 520 g/mol. The van der Waals surface area contributed by atoms with Crippen LogP contribution < -0.4 is 19.7 Å². The normalized spacial score (nSPS) is 13.6. The Morgan fingerprint density at radius 1 is 0.882 bits per heavy atom. The molecule has 0 saturated carbocycles. The van der Waals surface area contributed by atoms with Gasteiger partial charge in [0, 0.05) is 57.7 Å². The molecule has 1 fully saturated rings. The molecule has 8 heteroatoms. The van der Waals surface area contributed by atoms with Crippen molar-refractivity contribution < 1.29 is 14.2 Å². The molecule has 0 unspecified atom stereocenters. The third kappa shape index (κ3) is 6.22. The highest BCUT2D eigenvalue weighted by molar-refractivity contribution is 6.36. The molecular formula is C26H27Cl3N2O3. The van der Waals surface area contributed by atoms with Gasteiger partial charge < -0.3 is 24.4 Å². The lowest BCUT2D eigenvalue weighted by molar-refractivity contribution is 0.122. The molecule has 1 N–H and O–H groups in total. The highest BCUT2D eigenvalue weighted by Crippen LogP contribution is 2.36. The van der Waals surface area contributed by atoms with Crippen molar-refractivity contribution in [1.82, 2.24) is 0 Å². The highest BCUT2D eigenvalue weighted by atomic mass is 35.5. The smallest absolute Gasteiger partial charge is 0.163 e. The van der Waals surface area contributed by atoms with Gasteiger partial charge in [-0.05, 0) is 55.0 Å². The summed E-state index contributed by atoms with van der Waals surface area (Å²) in [6.45, 7) is 6.56. The Morgan fingerprint density at radius 2 is 1.56 bits per heavy atom. The summed E-state index contributed by atoms with van der Waals surface area (Å²) in [7, 11) is 0. The summed E-state index contributed by atoms with van der Waals surface area (Å²) >= 11 is 19.1. The molecule has 34 heavy (non-hydrogen) atoms. The quantitative estimate of drug-likeness (QED) is 0.326. The summed E-state index contributed by atoms with van der Waals surface area (Å²) in [6, 6.07) is 17.4. The average molecular weight is 522 g/mol. The number of hydrogen-bond acceptors (Lipinski definition) is 5. The van der Waals surface area contributed by atoms with Crippen molar-refractivity contribution in [1.29, 1.82) is 0 Å². The van der Waals surface area contributed by atoms with Crippen molar-refractivity contribution >= 4 is 46.2 Å². The Balaban J connectivity index is 1.43. The summed E-state index contributed by atoms with van der Waals surface area (Å²) in [5.41, 5.74) is 3.84. The molecule has 1 saturated heterocycles. The summed E-state index contributed by atoms with van der Waals surface area (Å²) in [5.74, 6) is 1.16. The van der Waals surface area contributed by atoms with E-state index >= 15 is 0 Å². The van der Waals surface area contributed by atoms with Crippen LogP contribution in [-0.2, 0) is 17.9 Å². The van der Waals surface area contributed by atoms with E-state index < -0.39 is 0 Å². The first-order chi connectivity index (χ1) is 16.5. The number of hydrogen-bond donors (Lipinski definition) is 1. The van der Waals surface area contributed by atoms with Crippen LogP contribution in [0.1, 0.15) is 18.1 Å². The van der Waals surface area contributed by atoms with Gasteiger partial charge >= 0.3 is 0 Å². The number of nitrogens with zero attached hydrogens (tertiary/aromatic N) is 1. The molecule has 4 rings (SSSR count). The highest BCUT2D eigenvalue weighted by Gasteiger charge is 2.14. The van der Waals surface area contributed by atoms with Crippen LogP contribution in [0.2, 0.25) is 15.1 Å². The van der Waals surface area contributed by atoms with Gasteiger partial charge in [0.2, 0.25) is 0 Å². The van der Waals surface area contributed by atoms with Crippen LogP contribution in [0.25, 0.3) is 0 Å². The van der Waals surface area contributed by atoms with Gasteiger partial charge in [0.15, 0.2) is 11.5 Å². The molecule has 0 radical (unpaired) electrons.